The zero-order valence-electron chi connectivity index (χ0n) is 10.3. The first kappa shape index (κ1) is 12.9. The van der Waals surface area contributed by atoms with Gasteiger partial charge in [-0.05, 0) is 50.4 Å². The molecule has 0 aliphatic carbocycles. The van der Waals surface area contributed by atoms with E-state index in [9.17, 15) is 0 Å². The molecule has 94 valence electrons. The summed E-state index contributed by atoms with van der Waals surface area (Å²) >= 11 is 5.87. The Hall–Kier alpha value is -0.570. The third-order valence-electron chi connectivity index (χ3n) is 3.31. The molecule has 1 fully saturated rings. The standard InChI is InChI=1S/C14H20ClNO/c1-11(12-4-6-13(15)7-5-12)16-9-8-14-3-2-10-17-14/h4-7,11,14,16H,2-3,8-10H2,1H3. The van der Waals surface area contributed by atoms with Crippen molar-refractivity contribution in [1.29, 1.82) is 0 Å². The number of benzene rings is 1. The molecule has 1 aliphatic heterocycles. The SMILES string of the molecule is CC(NCCC1CCCO1)c1ccc(Cl)cc1. The summed E-state index contributed by atoms with van der Waals surface area (Å²) in [6.45, 7) is 4.13. The van der Waals surface area contributed by atoms with E-state index in [2.05, 4.69) is 24.4 Å². The number of hydrogen-bond acceptors (Lipinski definition) is 2. The Balaban J connectivity index is 1.72. The van der Waals surface area contributed by atoms with Gasteiger partial charge in [0.05, 0.1) is 6.10 Å². The molecule has 1 heterocycles. The summed E-state index contributed by atoms with van der Waals surface area (Å²) in [6, 6.07) is 8.40. The van der Waals surface area contributed by atoms with Gasteiger partial charge in [0.25, 0.3) is 0 Å². The smallest absolute Gasteiger partial charge is 0.0588 e. The second-order valence-corrected chi connectivity index (χ2v) is 5.09. The maximum Gasteiger partial charge on any atom is 0.0588 e. The van der Waals surface area contributed by atoms with E-state index in [1.54, 1.807) is 0 Å². The lowest BCUT2D eigenvalue weighted by Crippen LogP contribution is -2.23. The summed E-state index contributed by atoms with van der Waals surface area (Å²) in [4.78, 5) is 0. The third kappa shape index (κ3) is 3.98. The van der Waals surface area contributed by atoms with Gasteiger partial charge in [0.1, 0.15) is 0 Å². The monoisotopic (exact) mass is 253 g/mol. The first-order valence-corrected chi connectivity index (χ1v) is 6.74. The Morgan fingerprint density at radius 3 is 2.82 bits per heavy atom. The van der Waals surface area contributed by atoms with E-state index in [4.69, 9.17) is 16.3 Å². The predicted molar refractivity (Wildman–Crippen MR) is 71.5 cm³/mol. The second-order valence-electron chi connectivity index (χ2n) is 4.65. The van der Waals surface area contributed by atoms with E-state index in [1.165, 1.54) is 18.4 Å². The Labute approximate surface area is 108 Å². The van der Waals surface area contributed by atoms with Crippen molar-refractivity contribution in [3.8, 4) is 0 Å². The molecule has 17 heavy (non-hydrogen) atoms. The Morgan fingerprint density at radius 1 is 1.41 bits per heavy atom. The predicted octanol–water partition coefficient (Wildman–Crippen LogP) is 3.56. The lowest BCUT2D eigenvalue weighted by Gasteiger charge is -2.16. The molecule has 0 saturated carbocycles. The average Bonchev–Trinajstić information content (AvgIpc) is 2.83. The van der Waals surface area contributed by atoms with Gasteiger partial charge in [-0.3, -0.25) is 0 Å². The van der Waals surface area contributed by atoms with Crippen LogP contribution in [0.15, 0.2) is 24.3 Å². The maximum atomic E-state index is 5.87. The fourth-order valence-corrected chi connectivity index (χ4v) is 2.33. The fraction of sp³-hybridized carbons (Fsp3) is 0.571. The van der Waals surface area contributed by atoms with Gasteiger partial charge in [-0.2, -0.15) is 0 Å². The summed E-state index contributed by atoms with van der Waals surface area (Å²) in [6.07, 6.45) is 4.02. The highest BCUT2D eigenvalue weighted by Crippen LogP contribution is 2.17. The van der Waals surface area contributed by atoms with Crippen LogP contribution in [0.2, 0.25) is 5.02 Å². The van der Waals surface area contributed by atoms with Crippen LogP contribution in [0, 0.1) is 0 Å². The molecular formula is C14H20ClNO. The van der Waals surface area contributed by atoms with E-state index in [0.29, 0.717) is 12.1 Å². The molecule has 1 aromatic carbocycles. The first-order valence-electron chi connectivity index (χ1n) is 6.36. The molecular weight excluding hydrogens is 234 g/mol. The van der Waals surface area contributed by atoms with Gasteiger partial charge < -0.3 is 10.1 Å². The van der Waals surface area contributed by atoms with Crippen LogP contribution in [-0.2, 0) is 4.74 Å². The molecule has 2 unspecified atom stereocenters. The number of nitrogens with one attached hydrogen (secondary N) is 1. The van der Waals surface area contributed by atoms with Crippen LogP contribution >= 0.6 is 11.6 Å². The summed E-state index contributed by atoms with van der Waals surface area (Å²) in [5, 5.41) is 4.31. The summed E-state index contributed by atoms with van der Waals surface area (Å²) in [7, 11) is 0. The highest BCUT2D eigenvalue weighted by molar-refractivity contribution is 6.30. The third-order valence-corrected chi connectivity index (χ3v) is 3.56. The highest BCUT2D eigenvalue weighted by atomic mass is 35.5. The first-order chi connectivity index (χ1) is 8.25. The van der Waals surface area contributed by atoms with E-state index in [0.717, 1.165) is 24.6 Å². The van der Waals surface area contributed by atoms with Crippen LogP contribution in [0.3, 0.4) is 0 Å². The van der Waals surface area contributed by atoms with Gasteiger partial charge in [-0.15, -0.1) is 0 Å². The molecule has 1 aliphatic rings. The van der Waals surface area contributed by atoms with Crippen molar-refractivity contribution in [2.75, 3.05) is 13.2 Å². The fourth-order valence-electron chi connectivity index (χ4n) is 2.20. The molecule has 0 aromatic heterocycles. The molecule has 0 amide bonds. The Morgan fingerprint density at radius 2 is 2.18 bits per heavy atom. The van der Waals surface area contributed by atoms with Crippen molar-refractivity contribution in [3.63, 3.8) is 0 Å². The summed E-state index contributed by atoms with van der Waals surface area (Å²) in [5.74, 6) is 0. The van der Waals surface area contributed by atoms with Crippen LogP contribution in [0.4, 0.5) is 0 Å². The molecule has 1 aromatic rings. The van der Waals surface area contributed by atoms with Crippen LogP contribution in [0.5, 0.6) is 0 Å². The lowest BCUT2D eigenvalue weighted by atomic mass is 10.1. The van der Waals surface area contributed by atoms with Crippen molar-refractivity contribution in [2.45, 2.75) is 38.3 Å². The van der Waals surface area contributed by atoms with Crippen molar-refractivity contribution in [1.82, 2.24) is 5.32 Å². The normalized spacial score (nSPS) is 21.6. The number of ether oxygens (including phenoxy) is 1. The van der Waals surface area contributed by atoms with Crippen molar-refractivity contribution in [3.05, 3.63) is 34.9 Å². The van der Waals surface area contributed by atoms with Crippen molar-refractivity contribution < 1.29 is 4.74 Å². The number of rotatable bonds is 5. The van der Waals surface area contributed by atoms with Crippen molar-refractivity contribution >= 4 is 11.6 Å². The summed E-state index contributed by atoms with van der Waals surface area (Å²) in [5.41, 5.74) is 1.28. The number of hydrogen-bond donors (Lipinski definition) is 1. The maximum absolute atomic E-state index is 5.87. The highest BCUT2D eigenvalue weighted by Gasteiger charge is 2.15. The Kier molecular flexibility index (Phi) is 4.84. The minimum Gasteiger partial charge on any atom is -0.378 e. The lowest BCUT2D eigenvalue weighted by molar-refractivity contribution is 0.103. The molecule has 2 rings (SSSR count). The molecule has 2 atom stereocenters. The van der Waals surface area contributed by atoms with E-state index in [-0.39, 0.29) is 0 Å². The van der Waals surface area contributed by atoms with E-state index < -0.39 is 0 Å². The van der Waals surface area contributed by atoms with E-state index in [1.807, 2.05) is 12.1 Å². The molecule has 2 nitrogen and oxygen atoms in total. The van der Waals surface area contributed by atoms with Gasteiger partial charge in [0, 0.05) is 17.7 Å². The zero-order chi connectivity index (χ0) is 12.1. The van der Waals surface area contributed by atoms with Crippen LogP contribution < -0.4 is 5.32 Å². The molecule has 0 radical (unpaired) electrons. The summed E-state index contributed by atoms with van der Waals surface area (Å²) < 4.78 is 5.60. The van der Waals surface area contributed by atoms with Gasteiger partial charge in [0.15, 0.2) is 0 Å². The van der Waals surface area contributed by atoms with Crippen LogP contribution in [-0.4, -0.2) is 19.3 Å². The Bertz CT molecular complexity index is 333. The minimum atomic E-state index is 0.369. The van der Waals surface area contributed by atoms with Gasteiger partial charge in [-0.25, -0.2) is 0 Å². The van der Waals surface area contributed by atoms with Crippen molar-refractivity contribution in [2.24, 2.45) is 0 Å². The van der Waals surface area contributed by atoms with Gasteiger partial charge >= 0.3 is 0 Å². The van der Waals surface area contributed by atoms with Gasteiger partial charge in [0.2, 0.25) is 0 Å². The topological polar surface area (TPSA) is 21.3 Å². The largest absolute Gasteiger partial charge is 0.378 e. The zero-order valence-corrected chi connectivity index (χ0v) is 11.0. The second kappa shape index (κ2) is 6.39. The van der Waals surface area contributed by atoms with Crippen LogP contribution in [0.25, 0.3) is 0 Å². The molecule has 3 heteroatoms. The van der Waals surface area contributed by atoms with Crippen LogP contribution in [0.1, 0.15) is 37.8 Å². The minimum absolute atomic E-state index is 0.369. The molecule has 1 N–H and O–H groups in total. The number of halogens is 1. The molecule has 0 spiro atoms. The molecule has 1 saturated heterocycles. The molecule has 0 bridgehead atoms. The van der Waals surface area contributed by atoms with E-state index >= 15 is 0 Å². The van der Waals surface area contributed by atoms with Gasteiger partial charge in [-0.1, -0.05) is 23.7 Å². The quantitative estimate of drug-likeness (QED) is 0.866. The average molecular weight is 254 g/mol.